The van der Waals surface area contributed by atoms with E-state index in [4.69, 9.17) is 4.42 Å². The third-order valence-electron chi connectivity index (χ3n) is 5.03. The first-order chi connectivity index (χ1) is 13.0. The van der Waals surface area contributed by atoms with Crippen LogP contribution in [-0.2, 0) is 0 Å². The normalized spacial score (nSPS) is 16.1. The van der Waals surface area contributed by atoms with Crippen molar-refractivity contribution in [1.82, 2.24) is 20.2 Å². The minimum absolute atomic E-state index is 0.0184. The molecule has 1 amide bonds. The molecular formula is C19H22N4O3S. The highest BCUT2D eigenvalue weighted by Gasteiger charge is 2.27. The molecular weight excluding hydrogens is 364 g/mol. The Kier molecular flexibility index (Phi) is 4.84. The van der Waals surface area contributed by atoms with Gasteiger partial charge in [-0.2, -0.15) is 0 Å². The van der Waals surface area contributed by atoms with Gasteiger partial charge in [0.05, 0.1) is 22.6 Å². The minimum atomic E-state index is -0.198. The fourth-order valence-electron chi connectivity index (χ4n) is 3.68. The number of furan rings is 1. The van der Waals surface area contributed by atoms with Gasteiger partial charge < -0.3 is 14.7 Å². The molecule has 1 saturated heterocycles. The first-order valence-electron chi connectivity index (χ1n) is 9.10. The number of thiophene rings is 1. The van der Waals surface area contributed by atoms with Crippen LogP contribution in [0.25, 0.3) is 10.2 Å². The Hall–Kier alpha value is -2.45. The van der Waals surface area contributed by atoms with Crippen molar-refractivity contribution >= 4 is 27.5 Å². The number of aromatic amines is 1. The van der Waals surface area contributed by atoms with E-state index in [0.717, 1.165) is 31.7 Å². The Morgan fingerprint density at radius 3 is 2.89 bits per heavy atom. The Morgan fingerprint density at radius 1 is 1.41 bits per heavy atom. The number of rotatable bonds is 5. The van der Waals surface area contributed by atoms with Gasteiger partial charge in [0.1, 0.15) is 16.4 Å². The Bertz CT molecular complexity index is 1020. The van der Waals surface area contributed by atoms with Crippen molar-refractivity contribution in [1.29, 1.82) is 0 Å². The van der Waals surface area contributed by atoms with E-state index in [2.05, 4.69) is 20.2 Å². The molecule has 27 heavy (non-hydrogen) atoms. The number of aryl methyl sites for hydroxylation is 2. The van der Waals surface area contributed by atoms with E-state index in [1.165, 1.54) is 11.3 Å². The zero-order valence-corrected chi connectivity index (χ0v) is 16.2. The van der Waals surface area contributed by atoms with Crippen LogP contribution in [0.15, 0.2) is 27.6 Å². The van der Waals surface area contributed by atoms with Crippen LogP contribution in [0.4, 0.5) is 0 Å². The predicted octanol–water partition coefficient (Wildman–Crippen LogP) is 2.76. The molecule has 3 aromatic heterocycles. The summed E-state index contributed by atoms with van der Waals surface area (Å²) in [6, 6.07) is 3.84. The summed E-state index contributed by atoms with van der Waals surface area (Å²) >= 11 is 1.26. The first-order valence-corrected chi connectivity index (χ1v) is 9.92. The lowest BCUT2D eigenvalue weighted by Gasteiger charge is -2.25. The summed E-state index contributed by atoms with van der Waals surface area (Å²) in [7, 11) is 0. The summed E-state index contributed by atoms with van der Waals surface area (Å²) < 4.78 is 5.60. The number of hydrogen-bond acceptors (Lipinski definition) is 6. The Morgan fingerprint density at radius 2 is 2.19 bits per heavy atom. The van der Waals surface area contributed by atoms with Crippen LogP contribution in [0.1, 0.15) is 45.7 Å². The molecule has 0 aromatic carbocycles. The molecule has 0 bridgehead atoms. The van der Waals surface area contributed by atoms with Crippen LogP contribution >= 0.6 is 11.3 Å². The van der Waals surface area contributed by atoms with Crippen molar-refractivity contribution in [3.63, 3.8) is 0 Å². The highest BCUT2D eigenvalue weighted by atomic mass is 32.1. The highest BCUT2D eigenvalue weighted by Crippen LogP contribution is 2.28. The number of nitrogens with zero attached hydrogens (tertiary/aromatic N) is 2. The van der Waals surface area contributed by atoms with E-state index in [0.29, 0.717) is 33.0 Å². The fourth-order valence-corrected chi connectivity index (χ4v) is 4.83. The van der Waals surface area contributed by atoms with Crippen LogP contribution < -0.4 is 10.9 Å². The van der Waals surface area contributed by atoms with E-state index in [1.807, 2.05) is 12.1 Å². The molecule has 142 valence electrons. The van der Waals surface area contributed by atoms with Gasteiger partial charge in [0, 0.05) is 6.54 Å². The lowest BCUT2D eigenvalue weighted by atomic mass is 10.1. The second kappa shape index (κ2) is 7.28. The molecule has 0 saturated carbocycles. The molecule has 2 N–H and O–H groups in total. The topological polar surface area (TPSA) is 91.2 Å². The number of nitrogens with one attached hydrogen (secondary N) is 2. The molecule has 0 radical (unpaired) electrons. The number of carbonyl (C=O) groups excluding carboxylic acids is 1. The van der Waals surface area contributed by atoms with E-state index >= 15 is 0 Å². The number of likely N-dealkylation sites (tertiary alicyclic amines) is 1. The second-order valence-electron chi connectivity index (χ2n) is 6.87. The molecule has 1 aliphatic rings. The van der Waals surface area contributed by atoms with Gasteiger partial charge in [-0.15, -0.1) is 11.3 Å². The van der Waals surface area contributed by atoms with Crippen LogP contribution in [0.5, 0.6) is 0 Å². The smallest absolute Gasteiger partial charge is 0.261 e. The lowest BCUT2D eigenvalue weighted by Crippen LogP contribution is -2.36. The number of carbonyl (C=O) groups is 1. The maximum atomic E-state index is 12.8. The largest absolute Gasteiger partial charge is 0.468 e. The average molecular weight is 386 g/mol. The van der Waals surface area contributed by atoms with Crippen molar-refractivity contribution in [2.24, 2.45) is 0 Å². The molecule has 8 heteroatoms. The van der Waals surface area contributed by atoms with Gasteiger partial charge in [0.2, 0.25) is 0 Å². The van der Waals surface area contributed by atoms with E-state index in [1.54, 1.807) is 20.1 Å². The predicted molar refractivity (Wildman–Crippen MR) is 104 cm³/mol. The van der Waals surface area contributed by atoms with Gasteiger partial charge in [0.25, 0.3) is 11.5 Å². The SMILES string of the molecule is Cc1nc2sc(C(=O)NCC(c3ccco3)N3CCCC3)c(C)c2c(=O)[nH]1. The van der Waals surface area contributed by atoms with Gasteiger partial charge in [0.15, 0.2) is 0 Å². The number of amides is 1. The maximum absolute atomic E-state index is 12.8. The van der Waals surface area contributed by atoms with Crippen LogP contribution in [0.2, 0.25) is 0 Å². The lowest BCUT2D eigenvalue weighted by molar-refractivity contribution is 0.0937. The van der Waals surface area contributed by atoms with Crippen molar-refractivity contribution in [2.75, 3.05) is 19.6 Å². The van der Waals surface area contributed by atoms with E-state index < -0.39 is 0 Å². The number of fused-ring (bicyclic) bond motifs is 1. The molecule has 1 atom stereocenters. The molecule has 4 heterocycles. The quantitative estimate of drug-likeness (QED) is 0.704. The summed E-state index contributed by atoms with van der Waals surface area (Å²) in [5.74, 6) is 1.23. The van der Waals surface area contributed by atoms with Crippen molar-refractivity contribution < 1.29 is 9.21 Å². The summed E-state index contributed by atoms with van der Waals surface area (Å²) in [6.45, 7) is 6.00. The minimum Gasteiger partial charge on any atom is -0.468 e. The zero-order valence-electron chi connectivity index (χ0n) is 15.4. The summed E-state index contributed by atoms with van der Waals surface area (Å²) in [4.78, 5) is 35.6. The molecule has 0 spiro atoms. The molecule has 4 rings (SSSR count). The average Bonchev–Trinajstić information content (AvgIpc) is 3.36. The van der Waals surface area contributed by atoms with Gasteiger partial charge in [-0.25, -0.2) is 4.98 Å². The van der Waals surface area contributed by atoms with Gasteiger partial charge >= 0.3 is 0 Å². The van der Waals surface area contributed by atoms with Crippen LogP contribution in [0, 0.1) is 13.8 Å². The third-order valence-corrected chi connectivity index (χ3v) is 6.22. The molecule has 7 nitrogen and oxygen atoms in total. The monoisotopic (exact) mass is 386 g/mol. The molecule has 0 aliphatic carbocycles. The van der Waals surface area contributed by atoms with Crippen molar-refractivity contribution in [3.8, 4) is 0 Å². The van der Waals surface area contributed by atoms with E-state index in [-0.39, 0.29) is 17.5 Å². The van der Waals surface area contributed by atoms with Gasteiger partial charge in [-0.05, 0) is 57.5 Å². The summed E-state index contributed by atoms with van der Waals surface area (Å²) in [5, 5.41) is 3.53. The molecule has 1 fully saturated rings. The second-order valence-corrected chi connectivity index (χ2v) is 7.87. The molecule has 1 unspecified atom stereocenters. The number of hydrogen-bond donors (Lipinski definition) is 2. The Labute approximate surface area is 160 Å². The van der Waals surface area contributed by atoms with Crippen molar-refractivity contribution in [2.45, 2.75) is 32.7 Å². The van der Waals surface area contributed by atoms with Gasteiger partial charge in [-0.3, -0.25) is 14.5 Å². The summed E-state index contributed by atoms with van der Waals surface area (Å²) in [6.07, 6.45) is 3.99. The third kappa shape index (κ3) is 3.42. The zero-order chi connectivity index (χ0) is 19.0. The standard InChI is InChI=1S/C19H22N4O3S/c1-11-15-17(24)21-12(2)22-19(15)27-16(11)18(25)20-10-13(14-6-5-9-26-14)23-7-3-4-8-23/h5-6,9,13H,3-4,7-8,10H2,1-2H3,(H,20,25)(H,21,22,24). The highest BCUT2D eigenvalue weighted by molar-refractivity contribution is 7.20. The van der Waals surface area contributed by atoms with Crippen LogP contribution in [-0.4, -0.2) is 40.4 Å². The number of H-pyrrole nitrogens is 1. The molecule has 1 aliphatic heterocycles. The summed E-state index contributed by atoms with van der Waals surface area (Å²) in [5.41, 5.74) is 0.479. The Balaban J connectivity index is 1.56. The van der Waals surface area contributed by atoms with Crippen molar-refractivity contribution in [3.05, 3.63) is 50.8 Å². The maximum Gasteiger partial charge on any atom is 0.261 e. The molecule has 3 aromatic rings. The van der Waals surface area contributed by atoms with Gasteiger partial charge in [-0.1, -0.05) is 0 Å². The number of aromatic nitrogens is 2. The first kappa shape index (κ1) is 17.9. The van der Waals surface area contributed by atoms with E-state index in [9.17, 15) is 9.59 Å². The van der Waals surface area contributed by atoms with Crippen LogP contribution in [0.3, 0.4) is 0 Å². The fraction of sp³-hybridized carbons (Fsp3) is 0.421.